The molecule has 0 saturated heterocycles. The number of benzene rings is 1. The molecule has 1 heterocycles. The fourth-order valence-corrected chi connectivity index (χ4v) is 2.85. The number of halogens is 3. The lowest BCUT2D eigenvalue weighted by atomic mass is 10.0. The van der Waals surface area contributed by atoms with Crippen molar-refractivity contribution in [2.75, 3.05) is 6.54 Å². The highest BCUT2D eigenvalue weighted by molar-refractivity contribution is 9.10. The van der Waals surface area contributed by atoms with Crippen molar-refractivity contribution in [2.24, 2.45) is 0 Å². The third-order valence-corrected chi connectivity index (χ3v) is 4.57. The SMILES string of the molecule is CCNC(c1cccc(Br)c1Cl)c1occc1Br. The molecule has 0 aliphatic rings. The van der Waals surface area contributed by atoms with Gasteiger partial charge in [0.1, 0.15) is 5.76 Å². The first-order valence-electron chi connectivity index (χ1n) is 5.55. The summed E-state index contributed by atoms with van der Waals surface area (Å²) in [7, 11) is 0. The second-order valence-corrected chi connectivity index (χ2v) is 5.85. The normalized spacial score (nSPS) is 12.7. The second-order valence-electron chi connectivity index (χ2n) is 3.77. The van der Waals surface area contributed by atoms with Gasteiger partial charge in [-0.2, -0.15) is 0 Å². The Bertz CT molecular complexity index is 542. The average Bonchev–Trinajstić information content (AvgIpc) is 2.76. The highest BCUT2D eigenvalue weighted by Crippen LogP contribution is 2.36. The molecule has 2 nitrogen and oxygen atoms in total. The maximum atomic E-state index is 6.35. The van der Waals surface area contributed by atoms with Gasteiger partial charge in [0.25, 0.3) is 0 Å². The van der Waals surface area contributed by atoms with Gasteiger partial charge in [0.2, 0.25) is 0 Å². The third-order valence-electron chi connectivity index (χ3n) is 2.61. The Morgan fingerprint density at radius 3 is 2.67 bits per heavy atom. The van der Waals surface area contributed by atoms with E-state index in [2.05, 4.69) is 44.1 Å². The highest BCUT2D eigenvalue weighted by atomic mass is 79.9. The van der Waals surface area contributed by atoms with Crippen LogP contribution in [0.25, 0.3) is 0 Å². The van der Waals surface area contributed by atoms with Crippen molar-refractivity contribution in [1.29, 1.82) is 0 Å². The van der Waals surface area contributed by atoms with Crippen LogP contribution in [0.2, 0.25) is 5.02 Å². The van der Waals surface area contributed by atoms with Crippen molar-refractivity contribution >= 4 is 43.5 Å². The molecule has 0 aliphatic heterocycles. The van der Waals surface area contributed by atoms with Crippen molar-refractivity contribution in [3.05, 3.63) is 55.8 Å². The van der Waals surface area contributed by atoms with Crippen LogP contribution in [-0.2, 0) is 0 Å². The molecule has 96 valence electrons. The predicted molar refractivity (Wildman–Crippen MR) is 81.1 cm³/mol. The van der Waals surface area contributed by atoms with Crippen LogP contribution in [0.1, 0.15) is 24.3 Å². The van der Waals surface area contributed by atoms with E-state index in [1.165, 1.54) is 0 Å². The van der Waals surface area contributed by atoms with Crippen LogP contribution in [0.3, 0.4) is 0 Å². The molecule has 0 spiro atoms. The standard InChI is InChI=1S/C13H12Br2ClNO/c1-2-17-12(13-10(15)6-7-18-13)8-4-3-5-9(14)11(8)16/h3-7,12,17H,2H2,1H3. The highest BCUT2D eigenvalue weighted by Gasteiger charge is 2.22. The minimum Gasteiger partial charge on any atom is -0.466 e. The molecular formula is C13H12Br2ClNO. The van der Waals surface area contributed by atoms with Gasteiger partial charge in [0.05, 0.1) is 21.8 Å². The summed E-state index contributed by atoms with van der Waals surface area (Å²) in [6.07, 6.45) is 1.66. The first-order chi connectivity index (χ1) is 8.65. The Hall–Kier alpha value is -0.290. The molecule has 1 aromatic carbocycles. The Labute approximate surface area is 128 Å². The predicted octanol–water partition coefficient (Wildman–Crippen LogP) is 5.16. The zero-order chi connectivity index (χ0) is 13.1. The zero-order valence-electron chi connectivity index (χ0n) is 9.71. The topological polar surface area (TPSA) is 25.2 Å². The van der Waals surface area contributed by atoms with Gasteiger partial charge in [-0.25, -0.2) is 0 Å². The Morgan fingerprint density at radius 1 is 1.28 bits per heavy atom. The van der Waals surface area contributed by atoms with Crippen LogP contribution < -0.4 is 5.32 Å². The largest absolute Gasteiger partial charge is 0.466 e. The molecule has 0 aliphatic carbocycles. The molecule has 0 amide bonds. The van der Waals surface area contributed by atoms with Crippen LogP contribution in [0.15, 0.2) is 43.9 Å². The van der Waals surface area contributed by atoms with Gasteiger partial charge in [-0.05, 0) is 56.1 Å². The maximum Gasteiger partial charge on any atom is 0.139 e. The number of hydrogen-bond donors (Lipinski definition) is 1. The molecule has 0 bridgehead atoms. The van der Waals surface area contributed by atoms with E-state index in [0.29, 0.717) is 5.02 Å². The fraction of sp³-hybridized carbons (Fsp3) is 0.231. The van der Waals surface area contributed by atoms with Crippen LogP contribution >= 0.6 is 43.5 Å². The van der Waals surface area contributed by atoms with Gasteiger partial charge in [0.15, 0.2) is 0 Å². The van der Waals surface area contributed by atoms with E-state index in [1.807, 2.05) is 24.3 Å². The summed E-state index contributed by atoms with van der Waals surface area (Å²) in [4.78, 5) is 0. The molecule has 2 aromatic rings. The van der Waals surface area contributed by atoms with Crippen molar-refractivity contribution in [3.63, 3.8) is 0 Å². The van der Waals surface area contributed by atoms with E-state index in [0.717, 1.165) is 26.8 Å². The van der Waals surface area contributed by atoms with Gasteiger partial charge in [0, 0.05) is 4.47 Å². The molecule has 1 unspecified atom stereocenters. The number of nitrogens with one attached hydrogen (secondary N) is 1. The van der Waals surface area contributed by atoms with Gasteiger partial charge in [-0.1, -0.05) is 30.7 Å². The minimum absolute atomic E-state index is 0.0654. The summed E-state index contributed by atoms with van der Waals surface area (Å²) in [5.74, 6) is 0.830. The van der Waals surface area contributed by atoms with Crippen molar-refractivity contribution < 1.29 is 4.42 Å². The van der Waals surface area contributed by atoms with E-state index < -0.39 is 0 Å². The summed E-state index contributed by atoms with van der Waals surface area (Å²) in [5.41, 5.74) is 0.989. The quantitative estimate of drug-likeness (QED) is 0.776. The second kappa shape index (κ2) is 6.24. The summed E-state index contributed by atoms with van der Waals surface area (Å²) in [6.45, 7) is 2.87. The molecule has 0 radical (unpaired) electrons. The van der Waals surface area contributed by atoms with E-state index in [4.69, 9.17) is 16.0 Å². The van der Waals surface area contributed by atoms with E-state index in [9.17, 15) is 0 Å². The van der Waals surface area contributed by atoms with Crippen LogP contribution in [-0.4, -0.2) is 6.54 Å². The van der Waals surface area contributed by atoms with Crippen LogP contribution in [0.5, 0.6) is 0 Å². The lowest BCUT2D eigenvalue weighted by Crippen LogP contribution is -2.22. The maximum absolute atomic E-state index is 6.35. The number of rotatable bonds is 4. The van der Waals surface area contributed by atoms with Gasteiger partial charge < -0.3 is 9.73 Å². The monoisotopic (exact) mass is 391 g/mol. The Morgan fingerprint density at radius 2 is 2.06 bits per heavy atom. The van der Waals surface area contributed by atoms with Gasteiger partial charge in [-0.15, -0.1) is 0 Å². The van der Waals surface area contributed by atoms with Crippen molar-refractivity contribution in [2.45, 2.75) is 13.0 Å². The molecule has 0 saturated carbocycles. The molecule has 1 atom stereocenters. The molecule has 1 aromatic heterocycles. The van der Waals surface area contributed by atoms with Crippen molar-refractivity contribution in [1.82, 2.24) is 5.32 Å². The first-order valence-corrected chi connectivity index (χ1v) is 7.51. The van der Waals surface area contributed by atoms with Gasteiger partial charge in [-0.3, -0.25) is 0 Å². The van der Waals surface area contributed by atoms with Crippen LogP contribution in [0.4, 0.5) is 0 Å². The summed E-state index contributed by atoms with van der Waals surface area (Å²) < 4.78 is 7.36. The van der Waals surface area contributed by atoms with E-state index >= 15 is 0 Å². The minimum atomic E-state index is -0.0654. The summed E-state index contributed by atoms with van der Waals surface area (Å²) in [5, 5.41) is 4.08. The number of furan rings is 1. The first kappa shape index (κ1) is 14.1. The molecule has 5 heteroatoms. The molecule has 2 rings (SSSR count). The fourth-order valence-electron chi connectivity index (χ4n) is 1.80. The average molecular weight is 394 g/mol. The van der Waals surface area contributed by atoms with E-state index in [-0.39, 0.29) is 6.04 Å². The van der Waals surface area contributed by atoms with Gasteiger partial charge >= 0.3 is 0 Å². The smallest absolute Gasteiger partial charge is 0.139 e. The van der Waals surface area contributed by atoms with Crippen LogP contribution in [0, 0.1) is 0 Å². The third kappa shape index (κ3) is 2.82. The van der Waals surface area contributed by atoms with Crippen molar-refractivity contribution in [3.8, 4) is 0 Å². The Kier molecular flexibility index (Phi) is 4.90. The molecule has 1 N–H and O–H groups in total. The Balaban J connectivity index is 2.48. The summed E-state index contributed by atoms with van der Waals surface area (Å²) in [6, 6.07) is 7.70. The summed E-state index contributed by atoms with van der Waals surface area (Å²) >= 11 is 13.3. The lowest BCUT2D eigenvalue weighted by molar-refractivity contribution is 0.450. The molecule has 18 heavy (non-hydrogen) atoms. The number of hydrogen-bond acceptors (Lipinski definition) is 2. The molecular weight excluding hydrogens is 381 g/mol. The molecule has 0 fully saturated rings. The lowest BCUT2D eigenvalue weighted by Gasteiger charge is -2.18. The van der Waals surface area contributed by atoms with E-state index in [1.54, 1.807) is 6.26 Å². The zero-order valence-corrected chi connectivity index (χ0v) is 13.6.